The van der Waals surface area contributed by atoms with Crippen molar-refractivity contribution in [1.29, 1.82) is 0 Å². The van der Waals surface area contributed by atoms with Gasteiger partial charge in [-0.15, -0.1) is 0 Å². The number of hydrogen-bond donors (Lipinski definition) is 1. The number of hydrogen-bond acceptors (Lipinski definition) is 5. The monoisotopic (exact) mass is 454 g/mol. The van der Waals surface area contributed by atoms with Crippen LogP contribution >= 0.6 is 0 Å². The molecule has 1 saturated heterocycles. The fourth-order valence-corrected chi connectivity index (χ4v) is 6.50. The smallest absolute Gasteiger partial charge is 0.258 e. The van der Waals surface area contributed by atoms with Crippen LogP contribution in [0.25, 0.3) is 10.9 Å². The molecule has 7 nitrogen and oxygen atoms in total. The summed E-state index contributed by atoms with van der Waals surface area (Å²) in [5.41, 5.74) is 4.14. The average Bonchev–Trinajstić information content (AvgIpc) is 2.77. The summed E-state index contributed by atoms with van der Waals surface area (Å²) < 4.78 is 28.6. The third kappa shape index (κ3) is 3.87. The van der Waals surface area contributed by atoms with E-state index in [4.69, 9.17) is 0 Å². The molecule has 8 heteroatoms. The van der Waals surface area contributed by atoms with Crippen LogP contribution in [0.5, 0.6) is 0 Å². The van der Waals surface area contributed by atoms with Crippen LogP contribution in [0.3, 0.4) is 0 Å². The number of para-hydroxylation sites is 1. The minimum atomic E-state index is -3.58. The van der Waals surface area contributed by atoms with Gasteiger partial charge in [0, 0.05) is 26.2 Å². The molecule has 1 aromatic heterocycles. The number of fused-ring (bicyclic) bond motifs is 1. The second kappa shape index (κ2) is 8.42. The van der Waals surface area contributed by atoms with Crippen molar-refractivity contribution in [1.82, 2.24) is 19.2 Å². The number of rotatable bonds is 4. The average molecular weight is 455 g/mol. The SMILES string of the molecule is Cc1cc(C)c(C)c(S(=O)(=O)N2CCN(C(C)c3nc4ccccc4c(=O)[nH]3)CC2)c1C. The molecule has 0 aliphatic carbocycles. The molecule has 3 aromatic rings. The number of benzene rings is 2. The number of sulfonamides is 1. The summed E-state index contributed by atoms with van der Waals surface area (Å²) in [6.07, 6.45) is 0. The summed E-state index contributed by atoms with van der Waals surface area (Å²) in [6, 6.07) is 9.20. The Morgan fingerprint density at radius 3 is 2.19 bits per heavy atom. The Kier molecular flexibility index (Phi) is 5.96. The van der Waals surface area contributed by atoms with E-state index in [1.807, 2.05) is 58.9 Å². The Bertz CT molecular complexity index is 1310. The zero-order chi connectivity index (χ0) is 23.2. The van der Waals surface area contributed by atoms with Gasteiger partial charge in [0.1, 0.15) is 5.82 Å². The van der Waals surface area contributed by atoms with Crippen molar-refractivity contribution in [3.05, 3.63) is 68.8 Å². The number of aryl methyl sites for hydroxylation is 2. The zero-order valence-electron chi connectivity index (χ0n) is 19.3. The van der Waals surface area contributed by atoms with Gasteiger partial charge >= 0.3 is 0 Å². The Hall–Kier alpha value is -2.55. The highest BCUT2D eigenvalue weighted by Crippen LogP contribution is 2.30. The summed E-state index contributed by atoms with van der Waals surface area (Å²) >= 11 is 0. The number of aromatic amines is 1. The van der Waals surface area contributed by atoms with Crippen molar-refractivity contribution in [3.8, 4) is 0 Å². The molecule has 4 rings (SSSR count). The molecule has 170 valence electrons. The van der Waals surface area contributed by atoms with Crippen LogP contribution in [0.4, 0.5) is 0 Å². The third-order valence-corrected chi connectivity index (χ3v) is 8.92. The molecule has 2 aromatic carbocycles. The number of piperazine rings is 1. The lowest BCUT2D eigenvalue weighted by Crippen LogP contribution is -2.49. The summed E-state index contributed by atoms with van der Waals surface area (Å²) in [5.74, 6) is 0.603. The molecule has 0 amide bonds. The Labute approximate surface area is 189 Å². The largest absolute Gasteiger partial charge is 0.309 e. The van der Waals surface area contributed by atoms with Crippen molar-refractivity contribution >= 4 is 20.9 Å². The minimum Gasteiger partial charge on any atom is -0.309 e. The van der Waals surface area contributed by atoms with Crippen LogP contribution in [-0.2, 0) is 10.0 Å². The predicted molar refractivity (Wildman–Crippen MR) is 127 cm³/mol. The molecule has 1 unspecified atom stereocenters. The first-order valence-corrected chi connectivity index (χ1v) is 12.4. The fourth-order valence-electron chi connectivity index (χ4n) is 4.50. The van der Waals surface area contributed by atoms with Crippen molar-refractivity contribution < 1.29 is 8.42 Å². The Balaban J connectivity index is 1.55. The fraction of sp³-hybridized carbons (Fsp3) is 0.417. The van der Waals surface area contributed by atoms with Crippen molar-refractivity contribution in [3.63, 3.8) is 0 Å². The minimum absolute atomic E-state index is 0.123. The maximum atomic E-state index is 13.5. The van der Waals surface area contributed by atoms with Gasteiger partial charge in [-0.1, -0.05) is 18.2 Å². The van der Waals surface area contributed by atoms with Gasteiger partial charge in [0.05, 0.1) is 21.8 Å². The summed E-state index contributed by atoms with van der Waals surface area (Å²) in [4.78, 5) is 22.6. The molecular formula is C24H30N4O3S. The number of nitrogens with zero attached hydrogens (tertiary/aromatic N) is 3. The second-order valence-corrected chi connectivity index (χ2v) is 10.5. The predicted octanol–water partition coefficient (Wildman–Crippen LogP) is 3.22. The lowest BCUT2D eigenvalue weighted by molar-refractivity contribution is 0.141. The van der Waals surface area contributed by atoms with E-state index in [-0.39, 0.29) is 11.6 Å². The molecule has 1 aliphatic rings. The molecule has 1 aliphatic heterocycles. The highest BCUT2D eigenvalue weighted by Gasteiger charge is 2.33. The molecule has 1 atom stereocenters. The third-order valence-electron chi connectivity index (χ3n) is 6.74. The van der Waals surface area contributed by atoms with Gasteiger partial charge in [0.2, 0.25) is 10.0 Å². The van der Waals surface area contributed by atoms with Crippen LogP contribution in [-0.4, -0.2) is 53.8 Å². The first kappa shape index (κ1) is 22.6. The molecule has 1 N–H and O–H groups in total. The topological polar surface area (TPSA) is 86.4 Å². The van der Waals surface area contributed by atoms with E-state index in [1.54, 1.807) is 10.4 Å². The highest BCUT2D eigenvalue weighted by molar-refractivity contribution is 7.89. The lowest BCUT2D eigenvalue weighted by atomic mass is 10.0. The van der Waals surface area contributed by atoms with Crippen LogP contribution < -0.4 is 5.56 Å². The van der Waals surface area contributed by atoms with Crippen molar-refractivity contribution in [2.24, 2.45) is 0 Å². The van der Waals surface area contributed by atoms with Gasteiger partial charge < -0.3 is 4.98 Å². The van der Waals surface area contributed by atoms with Crippen molar-refractivity contribution in [2.75, 3.05) is 26.2 Å². The maximum Gasteiger partial charge on any atom is 0.258 e. The molecule has 32 heavy (non-hydrogen) atoms. The molecule has 2 heterocycles. The Morgan fingerprint density at radius 2 is 1.56 bits per heavy atom. The van der Waals surface area contributed by atoms with Gasteiger partial charge in [-0.3, -0.25) is 9.69 Å². The Morgan fingerprint density at radius 1 is 0.969 bits per heavy atom. The van der Waals surface area contributed by atoms with E-state index in [9.17, 15) is 13.2 Å². The molecule has 0 bridgehead atoms. The van der Waals surface area contributed by atoms with Crippen LogP contribution in [0, 0.1) is 27.7 Å². The molecule has 0 radical (unpaired) electrons. The molecular weight excluding hydrogens is 424 g/mol. The summed E-state index contributed by atoms with van der Waals surface area (Å²) in [7, 11) is -3.58. The second-order valence-electron chi connectivity index (χ2n) is 8.67. The van der Waals surface area contributed by atoms with E-state index in [2.05, 4.69) is 14.9 Å². The van der Waals surface area contributed by atoms with E-state index in [0.717, 1.165) is 22.3 Å². The van der Waals surface area contributed by atoms with Gasteiger partial charge in [-0.05, 0) is 69.0 Å². The van der Waals surface area contributed by atoms with Gasteiger partial charge in [-0.25, -0.2) is 13.4 Å². The highest BCUT2D eigenvalue weighted by atomic mass is 32.2. The van der Waals surface area contributed by atoms with Crippen LogP contribution in [0.15, 0.2) is 40.0 Å². The number of H-pyrrole nitrogens is 1. The maximum absolute atomic E-state index is 13.5. The van der Waals surface area contributed by atoms with Gasteiger partial charge in [0.25, 0.3) is 5.56 Å². The van der Waals surface area contributed by atoms with Crippen molar-refractivity contribution in [2.45, 2.75) is 45.6 Å². The van der Waals surface area contributed by atoms with Gasteiger partial charge in [-0.2, -0.15) is 4.31 Å². The first-order chi connectivity index (χ1) is 15.1. The quantitative estimate of drug-likeness (QED) is 0.654. The number of nitrogens with one attached hydrogen (secondary N) is 1. The standard InChI is InChI=1S/C24H30N4O3S/c1-15-14-16(2)18(4)22(17(15)3)32(30,31)28-12-10-27(11-13-28)19(5)23-25-21-9-7-6-8-20(21)24(29)26-23/h6-9,14,19H,10-13H2,1-5H3,(H,25,26,29). The zero-order valence-corrected chi connectivity index (χ0v) is 20.1. The summed E-state index contributed by atoms with van der Waals surface area (Å²) in [5, 5.41) is 0.568. The summed E-state index contributed by atoms with van der Waals surface area (Å²) in [6.45, 7) is 11.6. The lowest BCUT2D eigenvalue weighted by Gasteiger charge is -2.37. The van der Waals surface area contributed by atoms with Crippen LogP contribution in [0.2, 0.25) is 0 Å². The molecule has 1 fully saturated rings. The first-order valence-electron chi connectivity index (χ1n) is 10.9. The van der Waals surface area contributed by atoms with E-state index in [0.29, 0.717) is 47.8 Å². The van der Waals surface area contributed by atoms with E-state index in [1.165, 1.54) is 0 Å². The van der Waals surface area contributed by atoms with E-state index < -0.39 is 10.0 Å². The molecule has 0 saturated carbocycles. The van der Waals surface area contributed by atoms with Gasteiger partial charge in [0.15, 0.2) is 0 Å². The number of aromatic nitrogens is 2. The molecule has 0 spiro atoms. The van der Waals surface area contributed by atoms with E-state index >= 15 is 0 Å². The normalized spacial score (nSPS) is 17.0. The van der Waals surface area contributed by atoms with Crippen LogP contribution in [0.1, 0.15) is 41.0 Å².